The summed E-state index contributed by atoms with van der Waals surface area (Å²) >= 11 is 0. The number of fused-ring (bicyclic) bond motifs is 1. The summed E-state index contributed by atoms with van der Waals surface area (Å²) in [5.41, 5.74) is 0.259. The highest BCUT2D eigenvalue weighted by Gasteiger charge is 2.57. The predicted molar refractivity (Wildman–Crippen MR) is 95.7 cm³/mol. The number of esters is 1. The van der Waals surface area contributed by atoms with E-state index in [1.807, 2.05) is 35.2 Å². The summed E-state index contributed by atoms with van der Waals surface area (Å²) in [5, 5.41) is 0. The number of carbonyl (C=O) groups excluding carboxylic acids is 2. The molecule has 140 valence electrons. The Morgan fingerprint density at radius 1 is 1.19 bits per heavy atom. The molecule has 0 unspecified atom stereocenters. The molecular weight excluding hydrogens is 332 g/mol. The zero-order valence-electron chi connectivity index (χ0n) is 15.2. The number of hydrogen-bond acceptors (Lipinski definition) is 5. The number of amides is 1. The van der Waals surface area contributed by atoms with E-state index in [0.717, 1.165) is 38.0 Å². The van der Waals surface area contributed by atoms with Crippen molar-refractivity contribution in [2.24, 2.45) is 11.3 Å². The summed E-state index contributed by atoms with van der Waals surface area (Å²) in [6, 6.07) is 9.89. The standard InChI is InChI=1S/C20H26N2O4/c1-25-19(24)20-13-22(11-16(20)12-26-14-20)17-7-9-21(10-8-17)18(23)15-5-3-2-4-6-15/h2-6,16-17H,7-14H2,1H3/t16-,20-/m0/s1. The van der Waals surface area contributed by atoms with Crippen LogP contribution < -0.4 is 0 Å². The minimum absolute atomic E-state index is 0.113. The summed E-state index contributed by atoms with van der Waals surface area (Å²) in [6.45, 7) is 4.22. The van der Waals surface area contributed by atoms with Gasteiger partial charge in [0, 0.05) is 43.7 Å². The van der Waals surface area contributed by atoms with E-state index < -0.39 is 5.41 Å². The van der Waals surface area contributed by atoms with Crippen LogP contribution in [0.3, 0.4) is 0 Å². The summed E-state index contributed by atoms with van der Waals surface area (Å²) in [6.07, 6.45) is 1.90. The molecular formula is C20H26N2O4. The van der Waals surface area contributed by atoms with Gasteiger partial charge in [-0.05, 0) is 25.0 Å². The molecule has 6 nitrogen and oxygen atoms in total. The van der Waals surface area contributed by atoms with Gasteiger partial charge in [-0.15, -0.1) is 0 Å². The minimum Gasteiger partial charge on any atom is -0.468 e. The van der Waals surface area contributed by atoms with Gasteiger partial charge in [0.15, 0.2) is 0 Å². The number of carbonyl (C=O) groups is 2. The predicted octanol–water partition coefficient (Wildman–Crippen LogP) is 1.41. The zero-order chi connectivity index (χ0) is 18.1. The number of ether oxygens (including phenoxy) is 2. The molecule has 26 heavy (non-hydrogen) atoms. The Bertz CT molecular complexity index is 672. The lowest BCUT2D eigenvalue weighted by Crippen LogP contribution is -2.47. The Balaban J connectivity index is 1.37. The molecule has 0 aromatic heterocycles. The molecule has 3 saturated heterocycles. The average Bonchev–Trinajstić information content (AvgIpc) is 3.26. The third-order valence-electron chi connectivity index (χ3n) is 6.28. The number of benzene rings is 1. The van der Waals surface area contributed by atoms with Gasteiger partial charge in [0.05, 0.1) is 20.3 Å². The molecule has 0 radical (unpaired) electrons. The van der Waals surface area contributed by atoms with Gasteiger partial charge in [0.2, 0.25) is 0 Å². The molecule has 0 N–H and O–H groups in total. The number of piperidine rings is 1. The fraction of sp³-hybridized carbons (Fsp3) is 0.600. The first-order valence-corrected chi connectivity index (χ1v) is 9.38. The molecule has 1 amide bonds. The first kappa shape index (κ1) is 17.5. The van der Waals surface area contributed by atoms with Crippen molar-refractivity contribution in [1.82, 2.24) is 9.80 Å². The summed E-state index contributed by atoms with van der Waals surface area (Å²) in [5.74, 6) is 0.194. The maximum absolute atomic E-state index is 12.6. The van der Waals surface area contributed by atoms with Gasteiger partial charge >= 0.3 is 5.97 Å². The summed E-state index contributed by atoms with van der Waals surface area (Å²) in [4.78, 5) is 29.3. The van der Waals surface area contributed by atoms with Gasteiger partial charge in [-0.25, -0.2) is 0 Å². The van der Waals surface area contributed by atoms with E-state index in [0.29, 0.717) is 25.8 Å². The molecule has 0 spiro atoms. The van der Waals surface area contributed by atoms with Gasteiger partial charge in [-0.3, -0.25) is 14.5 Å². The highest BCUT2D eigenvalue weighted by Crippen LogP contribution is 2.43. The Labute approximate surface area is 154 Å². The van der Waals surface area contributed by atoms with E-state index in [2.05, 4.69) is 4.90 Å². The van der Waals surface area contributed by atoms with E-state index in [1.165, 1.54) is 7.11 Å². The SMILES string of the molecule is COC(=O)[C@@]12COC[C@@H]1CN(C1CCN(C(=O)c3ccccc3)CC1)C2. The second kappa shape index (κ2) is 7.00. The van der Waals surface area contributed by atoms with E-state index in [1.54, 1.807) is 0 Å². The number of hydrogen-bond donors (Lipinski definition) is 0. The molecule has 0 saturated carbocycles. The first-order chi connectivity index (χ1) is 12.6. The maximum atomic E-state index is 12.6. The molecule has 3 aliphatic heterocycles. The van der Waals surface area contributed by atoms with Crippen molar-refractivity contribution in [2.75, 3.05) is 46.5 Å². The van der Waals surface area contributed by atoms with Crippen LogP contribution in [0.5, 0.6) is 0 Å². The second-order valence-electron chi connectivity index (χ2n) is 7.68. The lowest BCUT2D eigenvalue weighted by molar-refractivity contribution is -0.153. The van der Waals surface area contributed by atoms with Crippen LogP contribution in [0.25, 0.3) is 0 Å². The lowest BCUT2D eigenvalue weighted by atomic mass is 9.81. The van der Waals surface area contributed by atoms with Crippen LogP contribution >= 0.6 is 0 Å². The number of likely N-dealkylation sites (tertiary alicyclic amines) is 2. The first-order valence-electron chi connectivity index (χ1n) is 9.38. The van der Waals surface area contributed by atoms with Gasteiger partial charge < -0.3 is 14.4 Å². The van der Waals surface area contributed by atoms with E-state index >= 15 is 0 Å². The van der Waals surface area contributed by atoms with Crippen molar-refractivity contribution in [3.05, 3.63) is 35.9 Å². The van der Waals surface area contributed by atoms with Crippen LogP contribution in [0.4, 0.5) is 0 Å². The molecule has 6 heteroatoms. The van der Waals surface area contributed by atoms with E-state index in [-0.39, 0.29) is 17.8 Å². The third kappa shape index (κ3) is 2.91. The molecule has 3 fully saturated rings. The molecule has 1 aromatic rings. The minimum atomic E-state index is -0.494. The third-order valence-corrected chi connectivity index (χ3v) is 6.28. The molecule has 2 atom stereocenters. The van der Waals surface area contributed by atoms with Crippen molar-refractivity contribution in [1.29, 1.82) is 0 Å². The van der Waals surface area contributed by atoms with Gasteiger partial charge in [-0.1, -0.05) is 18.2 Å². The smallest absolute Gasteiger partial charge is 0.315 e. The van der Waals surface area contributed by atoms with E-state index in [4.69, 9.17) is 9.47 Å². The quantitative estimate of drug-likeness (QED) is 0.765. The van der Waals surface area contributed by atoms with Gasteiger partial charge in [0.25, 0.3) is 5.91 Å². The number of nitrogens with zero attached hydrogens (tertiary/aromatic N) is 2. The van der Waals surface area contributed by atoms with Gasteiger partial charge in [-0.2, -0.15) is 0 Å². The number of rotatable bonds is 3. The Morgan fingerprint density at radius 3 is 2.62 bits per heavy atom. The van der Waals surface area contributed by atoms with Crippen LogP contribution in [0.1, 0.15) is 23.2 Å². The van der Waals surface area contributed by atoms with Crippen molar-refractivity contribution < 1.29 is 19.1 Å². The molecule has 3 aliphatic rings. The molecule has 4 rings (SSSR count). The maximum Gasteiger partial charge on any atom is 0.315 e. The Kier molecular flexibility index (Phi) is 4.71. The largest absolute Gasteiger partial charge is 0.468 e. The normalized spacial score (nSPS) is 29.6. The average molecular weight is 358 g/mol. The Hall–Kier alpha value is -1.92. The molecule has 0 bridgehead atoms. The summed E-state index contributed by atoms with van der Waals surface area (Å²) < 4.78 is 10.7. The molecule has 3 heterocycles. The topological polar surface area (TPSA) is 59.1 Å². The monoisotopic (exact) mass is 358 g/mol. The van der Waals surface area contributed by atoms with Crippen LogP contribution in [0.2, 0.25) is 0 Å². The van der Waals surface area contributed by atoms with E-state index in [9.17, 15) is 9.59 Å². The van der Waals surface area contributed by atoms with Gasteiger partial charge in [0.1, 0.15) is 5.41 Å². The highest BCUT2D eigenvalue weighted by molar-refractivity contribution is 5.94. The summed E-state index contributed by atoms with van der Waals surface area (Å²) in [7, 11) is 1.46. The second-order valence-corrected chi connectivity index (χ2v) is 7.68. The Morgan fingerprint density at radius 2 is 1.92 bits per heavy atom. The highest BCUT2D eigenvalue weighted by atomic mass is 16.5. The van der Waals surface area contributed by atoms with Crippen molar-refractivity contribution in [3.8, 4) is 0 Å². The van der Waals surface area contributed by atoms with Crippen LogP contribution in [0.15, 0.2) is 30.3 Å². The van der Waals surface area contributed by atoms with Crippen LogP contribution in [-0.4, -0.2) is 74.2 Å². The fourth-order valence-electron chi connectivity index (χ4n) is 4.74. The fourth-order valence-corrected chi connectivity index (χ4v) is 4.74. The number of methoxy groups -OCH3 is 1. The van der Waals surface area contributed by atoms with Crippen molar-refractivity contribution >= 4 is 11.9 Å². The molecule has 1 aromatic carbocycles. The zero-order valence-corrected chi connectivity index (χ0v) is 15.2. The van der Waals surface area contributed by atoms with Crippen LogP contribution in [0, 0.1) is 11.3 Å². The van der Waals surface area contributed by atoms with Crippen LogP contribution in [-0.2, 0) is 14.3 Å². The van der Waals surface area contributed by atoms with Crippen molar-refractivity contribution in [2.45, 2.75) is 18.9 Å². The van der Waals surface area contributed by atoms with Crippen molar-refractivity contribution in [3.63, 3.8) is 0 Å². The molecule has 0 aliphatic carbocycles. The lowest BCUT2D eigenvalue weighted by Gasteiger charge is -2.37.